The lowest BCUT2D eigenvalue weighted by Crippen LogP contribution is -2.25. The lowest BCUT2D eigenvalue weighted by molar-refractivity contribution is -0.157. The normalized spacial score (nSPS) is 37.9. The van der Waals surface area contributed by atoms with Crippen molar-refractivity contribution < 1.29 is 9.47 Å². The molecule has 2 nitrogen and oxygen atoms in total. The van der Waals surface area contributed by atoms with E-state index in [0.29, 0.717) is 0 Å². The Balaban J connectivity index is 2.29. The van der Waals surface area contributed by atoms with Gasteiger partial charge in [0.1, 0.15) is 0 Å². The third-order valence-electron chi connectivity index (χ3n) is 2.06. The monoisotopic (exact) mass is 158 g/mol. The van der Waals surface area contributed by atoms with Crippen molar-refractivity contribution in [1.29, 1.82) is 0 Å². The number of unbranched alkanes of at least 4 members (excludes halogenated alkanes) is 1. The lowest BCUT2D eigenvalue weighted by Gasteiger charge is -2.22. The summed E-state index contributed by atoms with van der Waals surface area (Å²) in [5.74, 6) is -0.282. The molecule has 1 saturated heterocycles. The van der Waals surface area contributed by atoms with Gasteiger partial charge in [0.15, 0.2) is 5.79 Å². The molecule has 0 saturated carbocycles. The van der Waals surface area contributed by atoms with Gasteiger partial charge < -0.3 is 9.47 Å². The Morgan fingerprint density at radius 1 is 1.55 bits per heavy atom. The van der Waals surface area contributed by atoms with E-state index >= 15 is 0 Å². The predicted octanol–water partition coefficient (Wildman–Crippen LogP) is 2.33. The molecule has 0 aromatic heterocycles. The average molecular weight is 158 g/mol. The van der Waals surface area contributed by atoms with E-state index < -0.39 is 0 Å². The quantitative estimate of drug-likeness (QED) is 0.627. The van der Waals surface area contributed by atoms with Gasteiger partial charge in [0.2, 0.25) is 0 Å². The Hall–Kier alpha value is -0.0800. The summed E-state index contributed by atoms with van der Waals surface area (Å²) in [6.07, 6.45) is 3.69. The molecule has 0 amide bonds. The molecule has 0 bridgehead atoms. The van der Waals surface area contributed by atoms with Crippen molar-refractivity contribution in [2.45, 2.75) is 51.9 Å². The Morgan fingerprint density at radius 3 is 2.73 bits per heavy atom. The minimum atomic E-state index is -0.282. The SMILES string of the molecule is CCCCC1(C)OCC(C)O1. The van der Waals surface area contributed by atoms with Crippen molar-refractivity contribution in [2.24, 2.45) is 0 Å². The highest BCUT2D eigenvalue weighted by Crippen LogP contribution is 2.27. The molecule has 1 fully saturated rings. The highest BCUT2D eigenvalue weighted by molar-refractivity contribution is 4.71. The van der Waals surface area contributed by atoms with E-state index in [1.54, 1.807) is 0 Å². The summed E-state index contributed by atoms with van der Waals surface area (Å²) in [6.45, 7) is 7.02. The standard InChI is InChI=1S/C9H18O2/c1-4-5-6-9(3)10-7-8(2)11-9/h8H,4-7H2,1-3H3. The Kier molecular flexibility index (Phi) is 2.90. The van der Waals surface area contributed by atoms with E-state index in [0.717, 1.165) is 13.0 Å². The highest BCUT2D eigenvalue weighted by Gasteiger charge is 2.33. The molecule has 1 heterocycles. The molecule has 0 aromatic carbocycles. The van der Waals surface area contributed by atoms with Gasteiger partial charge >= 0.3 is 0 Å². The maximum atomic E-state index is 5.63. The van der Waals surface area contributed by atoms with Gasteiger partial charge in [0, 0.05) is 6.42 Å². The van der Waals surface area contributed by atoms with Crippen LogP contribution in [0.2, 0.25) is 0 Å². The summed E-state index contributed by atoms with van der Waals surface area (Å²) in [4.78, 5) is 0. The molecule has 2 unspecified atom stereocenters. The third kappa shape index (κ3) is 2.46. The van der Waals surface area contributed by atoms with Gasteiger partial charge in [-0.25, -0.2) is 0 Å². The van der Waals surface area contributed by atoms with Crippen molar-refractivity contribution in [1.82, 2.24) is 0 Å². The smallest absolute Gasteiger partial charge is 0.166 e. The largest absolute Gasteiger partial charge is 0.348 e. The number of ether oxygens (including phenoxy) is 2. The van der Waals surface area contributed by atoms with Crippen molar-refractivity contribution in [3.05, 3.63) is 0 Å². The maximum absolute atomic E-state index is 5.63. The van der Waals surface area contributed by atoms with Gasteiger partial charge in [-0.15, -0.1) is 0 Å². The molecule has 1 aliphatic rings. The number of rotatable bonds is 3. The average Bonchev–Trinajstić information content (AvgIpc) is 2.28. The van der Waals surface area contributed by atoms with E-state index in [9.17, 15) is 0 Å². The molecule has 2 heteroatoms. The van der Waals surface area contributed by atoms with E-state index in [1.165, 1.54) is 12.8 Å². The Bertz CT molecular complexity index is 125. The van der Waals surface area contributed by atoms with Gasteiger partial charge in [-0.05, 0) is 20.3 Å². The Morgan fingerprint density at radius 2 is 2.27 bits per heavy atom. The fourth-order valence-corrected chi connectivity index (χ4v) is 1.42. The first kappa shape index (κ1) is 9.01. The highest BCUT2D eigenvalue weighted by atomic mass is 16.7. The molecule has 0 N–H and O–H groups in total. The second kappa shape index (κ2) is 3.55. The first-order valence-corrected chi connectivity index (χ1v) is 4.48. The van der Waals surface area contributed by atoms with Crippen LogP contribution in [0.1, 0.15) is 40.0 Å². The van der Waals surface area contributed by atoms with Crippen LogP contribution in [0.25, 0.3) is 0 Å². The maximum Gasteiger partial charge on any atom is 0.166 e. The molecule has 66 valence electrons. The summed E-state index contributed by atoms with van der Waals surface area (Å²) in [5.41, 5.74) is 0. The van der Waals surface area contributed by atoms with E-state index in [4.69, 9.17) is 9.47 Å². The van der Waals surface area contributed by atoms with Gasteiger partial charge in [-0.3, -0.25) is 0 Å². The van der Waals surface area contributed by atoms with Crippen LogP contribution in [-0.4, -0.2) is 18.5 Å². The summed E-state index contributed by atoms with van der Waals surface area (Å²) >= 11 is 0. The van der Waals surface area contributed by atoms with Crippen molar-refractivity contribution in [2.75, 3.05) is 6.61 Å². The number of hydrogen-bond donors (Lipinski definition) is 0. The second-order valence-corrected chi connectivity index (χ2v) is 3.48. The molecule has 1 aliphatic heterocycles. The minimum Gasteiger partial charge on any atom is -0.348 e. The topological polar surface area (TPSA) is 18.5 Å². The van der Waals surface area contributed by atoms with Crippen LogP contribution >= 0.6 is 0 Å². The first-order valence-electron chi connectivity index (χ1n) is 4.48. The zero-order valence-electron chi connectivity index (χ0n) is 7.72. The molecule has 0 radical (unpaired) electrons. The molecule has 1 rings (SSSR count). The summed E-state index contributed by atoms with van der Waals surface area (Å²) in [5, 5.41) is 0. The van der Waals surface area contributed by atoms with Crippen LogP contribution in [0.15, 0.2) is 0 Å². The molecule has 0 aliphatic carbocycles. The first-order chi connectivity index (χ1) is 5.16. The summed E-state index contributed by atoms with van der Waals surface area (Å²) in [7, 11) is 0. The van der Waals surface area contributed by atoms with E-state index in [2.05, 4.69) is 13.8 Å². The second-order valence-electron chi connectivity index (χ2n) is 3.48. The van der Waals surface area contributed by atoms with Crippen LogP contribution < -0.4 is 0 Å². The lowest BCUT2D eigenvalue weighted by atomic mass is 10.1. The van der Waals surface area contributed by atoms with Crippen LogP contribution in [0.5, 0.6) is 0 Å². The summed E-state index contributed by atoms with van der Waals surface area (Å²) < 4.78 is 11.2. The zero-order valence-corrected chi connectivity index (χ0v) is 7.72. The fraction of sp³-hybridized carbons (Fsp3) is 1.00. The molecular formula is C9H18O2. The zero-order chi connectivity index (χ0) is 8.32. The molecule has 2 atom stereocenters. The van der Waals surface area contributed by atoms with Crippen LogP contribution in [0.4, 0.5) is 0 Å². The van der Waals surface area contributed by atoms with Gasteiger partial charge in [0.05, 0.1) is 12.7 Å². The molecule has 0 spiro atoms. The summed E-state index contributed by atoms with van der Waals surface area (Å²) in [6, 6.07) is 0. The van der Waals surface area contributed by atoms with Gasteiger partial charge in [-0.2, -0.15) is 0 Å². The van der Waals surface area contributed by atoms with Crippen LogP contribution in [-0.2, 0) is 9.47 Å². The predicted molar refractivity (Wildman–Crippen MR) is 44.4 cm³/mol. The van der Waals surface area contributed by atoms with Crippen LogP contribution in [0, 0.1) is 0 Å². The van der Waals surface area contributed by atoms with E-state index in [1.807, 2.05) is 6.92 Å². The molecular weight excluding hydrogens is 140 g/mol. The third-order valence-corrected chi connectivity index (χ3v) is 2.06. The molecule has 0 aromatic rings. The van der Waals surface area contributed by atoms with Crippen molar-refractivity contribution >= 4 is 0 Å². The van der Waals surface area contributed by atoms with Crippen LogP contribution in [0.3, 0.4) is 0 Å². The number of hydrogen-bond acceptors (Lipinski definition) is 2. The Labute approximate surface area is 68.9 Å². The fourth-order valence-electron chi connectivity index (χ4n) is 1.42. The molecule has 11 heavy (non-hydrogen) atoms. The van der Waals surface area contributed by atoms with Gasteiger partial charge in [0.25, 0.3) is 0 Å². The van der Waals surface area contributed by atoms with Gasteiger partial charge in [-0.1, -0.05) is 13.3 Å². The minimum absolute atomic E-state index is 0.275. The van der Waals surface area contributed by atoms with E-state index in [-0.39, 0.29) is 11.9 Å². The van der Waals surface area contributed by atoms with Crippen molar-refractivity contribution in [3.63, 3.8) is 0 Å². The van der Waals surface area contributed by atoms with Crippen molar-refractivity contribution in [3.8, 4) is 0 Å².